The average molecular weight is 253 g/mol. The van der Waals surface area contributed by atoms with Crippen LogP contribution >= 0.6 is 0 Å². The van der Waals surface area contributed by atoms with Gasteiger partial charge in [0.1, 0.15) is 11.5 Å². The number of hydrogen-bond donors (Lipinski definition) is 0. The van der Waals surface area contributed by atoms with Crippen molar-refractivity contribution in [2.24, 2.45) is 0 Å². The second kappa shape index (κ2) is 4.69. The number of aryl methyl sites for hydroxylation is 1. The van der Waals surface area contributed by atoms with Crippen molar-refractivity contribution >= 4 is 0 Å². The van der Waals surface area contributed by atoms with Crippen molar-refractivity contribution in [1.29, 1.82) is 0 Å². The lowest BCUT2D eigenvalue weighted by molar-refractivity contribution is 0.435. The van der Waals surface area contributed by atoms with Crippen LogP contribution in [-0.4, -0.2) is 5.16 Å². The van der Waals surface area contributed by atoms with Gasteiger partial charge in [0.25, 0.3) is 0 Å². The molecule has 2 nitrogen and oxygen atoms in total. The van der Waals surface area contributed by atoms with Gasteiger partial charge in [0, 0.05) is 17.2 Å². The van der Waals surface area contributed by atoms with E-state index in [4.69, 9.17) is 4.52 Å². The molecule has 3 rings (SSSR count). The second-order valence-electron chi connectivity index (χ2n) is 4.40. The van der Waals surface area contributed by atoms with E-state index in [9.17, 15) is 4.39 Å². The summed E-state index contributed by atoms with van der Waals surface area (Å²) in [5, 5.41) is 4.08. The van der Waals surface area contributed by atoms with Gasteiger partial charge in [0.15, 0.2) is 5.76 Å². The zero-order valence-electron chi connectivity index (χ0n) is 10.4. The maximum atomic E-state index is 12.9. The molecule has 0 bridgehead atoms. The van der Waals surface area contributed by atoms with E-state index in [2.05, 4.69) is 5.16 Å². The van der Waals surface area contributed by atoms with E-state index >= 15 is 0 Å². The molecule has 0 radical (unpaired) electrons. The van der Waals surface area contributed by atoms with E-state index in [-0.39, 0.29) is 5.82 Å². The highest BCUT2D eigenvalue weighted by atomic mass is 19.1. The van der Waals surface area contributed by atoms with Crippen molar-refractivity contribution in [3.05, 3.63) is 66.0 Å². The Morgan fingerprint density at radius 1 is 1.00 bits per heavy atom. The van der Waals surface area contributed by atoms with E-state index in [1.807, 2.05) is 37.3 Å². The minimum absolute atomic E-state index is 0.262. The predicted octanol–water partition coefficient (Wildman–Crippen LogP) is 4.46. The highest BCUT2D eigenvalue weighted by Gasteiger charge is 2.09. The SMILES string of the molecule is Cc1ccccc1-c1cc(-c2ccc(F)cc2)on1. The van der Waals surface area contributed by atoms with Crippen molar-refractivity contribution in [1.82, 2.24) is 5.16 Å². The summed E-state index contributed by atoms with van der Waals surface area (Å²) in [5.41, 5.74) is 3.78. The molecule has 0 saturated heterocycles. The van der Waals surface area contributed by atoms with Crippen molar-refractivity contribution in [3.63, 3.8) is 0 Å². The summed E-state index contributed by atoms with van der Waals surface area (Å²) in [7, 11) is 0. The Balaban J connectivity index is 2.00. The third-order valence-electron chi connectivity index (χ3n) is 3.06. The Bertz CT molecular complexity index is 701. The first-order valence-electron chi connectivity index (χ1n) is 6.03. The van der Waals surface area contributed by atoms with Gasteiger partial charge in [-0.3, -0.25) is 0 Å². The number of rotatable bonds is 2. The van der Waals surface area contributed by atoms with E-state index in [0.29, 0.717) is 5.76 Å². The molecule has 0 amide bonds. The van der Waals surface area contributed by atoms with Gasteiger partial charge in [-0.25, -0.2) is 4.39 Å². The lowest BCUT2D eigenvalue weighted by atomic mass is 10.1. The molecule has 0 aliphatic heterocycles. The lowest BCUT2D eigenvalue weighted by Crippen LogP contribution is -1.81. The van der Waals surface area contributed by atoms with Gasteiger partial charge in [0.05, 0.1) is 0 Å². The van der Waals surface area contributed by atoms with Crippen LogP contribution in [0, 0.1) is 12.7 Å². The van der Waals surface area contributed by atoms with E-state index < -0.39 is 0 Å². The minimum atomic E-state index is -0.262. The summed E-state index contributed by atoms with van der Waals surface area (Å²) in [6.07, 6.45) is 0. The molecule has 0 N–H and O–H groups in total. The van der Waals surface area contributed by atoms with Crippen LogP contribution < -0.4 is 0 Å². The van der Waals surface area contributed by atoms with Crippen molar-refractivity contribution < 1.29 is 8.91 Å². The molecule has 0 aliphatic rings. The van der Waals surface area contributed by atoms with Crippen molar-refractivity contribution in [3.8, 4) is 22.6 Å². The monoisotopic (exact) mass is 253 g/mol. The maximum Gasteiger partial charge on any atom is 0.167 e. The lowest BCUT2D eigenvalue weighted by Gasteiger charge is -1.99. The normalized spacial score (nSPS) is 10.6. The van der Waals surface area contributed by atoms with Gasteiger partial charge in [0.2, 0.25) is 0 Å². The van der Waals surface area contributed by atoms with Gasteiger partial charge >= 0.3 is 0 Å². The zero-order valence-corrected chi connectivity index (χ0v) is 10.4. The summed E-state index contributed by atoms with van der Waals surface area (Å²) < 4.78 is 18.2. The molecule has 0 fully saturated rings. The number of benzene rings is 2. The first kappa shape index (κ1) is 11.7. The number of nitrogens with zero attached hydrogens (tertiary/aromatic N) is 1. The van der Waals surface area contributed by atoms with Gasteiger partial charge < -0.3 is 4.52 Å². The fourth-order valence-electron chi connectivity index (χ4n) is 2.01. The van der Waals surface area contributed by atoms with Gasteiger partial charge in [-0.1, -0.05) is 29.4 Å². The van der Waals surface area contributed by atoms with Crippen molar-refractivity contribution in [2.45, 2.75) is 6.92 Å². The van der Waals surface area contributed by atoms with Crippen LogP contribution in [0.5, 0.6) is 0 Å². The molecule has 0 atom stereocenters. The van der Waals surface area contributed by atoms with Crippen LogP contribution in [0.2, 0.25) is 0 Å². The fourth-order valence-corrected chi connectivity index (χ4v) is 2.01. The predicted molar refractivity (Wildman–Crippen MR) is 72.1 cm³/mol. The van der Waals surface area contributed by atoms with Gasteiger partial charge in [-0.05, 0) is 36.8 Å². The Morgan fingerprint density at radius 2 is 1.74 bits per heavy atom. The first-order valence-corrected chi connectivity index (χ1v) is 6.03. The summed E-state index contributed by atoms with van der Waals surface area (Å²) in [6, 6.07) is 16.0. The molecule has 0 aliphatic carbocycles. The van der Waals surface area contributed by atoms with E-state index in [0.717, 1.165) is 22.4 Å². The Morgan fingerprint density at radius 3 is 2.47 bits per heavy atom. The molecule has 3 heteroatoms. The molecular weight excluding hydrogens is 241 g/mol. The molecule has 1 heterocycles. The fraction of sp³-hybridized carbons (Fsp3) is 0.0625. The first-order chi connectivity index (χ1) is 9.24. The molecule has 0 unspecified atom stereocenters. The van der Waals surface area contributed by atoms with Crippen LogP contribution in [0.25, 0.3) is 22.6 Å². The summed E-state index contributed by atoms with van der Waals surface area (Å²) in [4.78, 5) is 0. The molecule has 0 saturated carbocycles. The molecule has 1 aromatic heterocycles. The summed E-state index contributed by atoms with van der Waals surface area (Å²) in [5.74, 6) is 0.376. The number of hydrogen-bond acceptors (Lipinski definition) is 2. The Kier molecular flexibility index (Phi) is 2.88. The quantitative estimate of drug-likeness (QED) is 0.674. The van der Waals surface area contributed by atoms with E-state index in [1.54, 1.807) is 12.1 Å². The van der Waals surface area contributed by atoms with Crippen LogP contribution in [0.1, 0.15) is 5.56 Å². The van der Waals surface area contributed by atoms with Gasteiger partial charge in [-0.2, -0.15) is 0 Å². The molecule has 3 aromatic rings. The summed E-state index contributed by atoms with van der Waals surface area (Å²) in [6.45, 7) is 2.03. The standard InChI is InChI=1S/C16H12FNO/c1-11-4-2-3-5-14(11)15-10-16(19-18-15)12-6-8-13(17)9-7-12/h2-10H,1H3. The highest BCUT2D eigenvalue weighted by Crippen LogP contribution is 2.27. The second-order valence-corrected chi connectivity index (χ2v) is 4.40. The maximum absolute atomic E-state index is 12.9. The molecule has 2 aromatic carbocycles. The smallest absolute Gasteiger partial charge is 0.167 e. The van der Waals surface area contributed by atoms with E-state index in [1.165, 1.54) is 12.1 Å². The molecule has 94 valence electrons. The molecular formula is C16H12FNO. The number of halogens is 1. The van der Waals surface area contributed by atoms with Gasteiger partial charge in [-0.15, -0.1) is 0 Å². The van der Waals surface area contributed by atoms with Crippen molar-refractivity contribution in [2.75, 3.05) is 0 Å². The Labute approximate surface area is 110 Å². The topological polar surface area (TPSA) is 26.0 Å². The van der Waals surface area contributed by atoms with Crippen LogP contribution in [-0.2, 0) is 0 Å². The minimum Gasteiger partial charge on any atom is -0.356 e. The average Bonchev–Trinajstić information content (AvgIpc) is 2.89. The molecule has 19 heavy (non-hydrogen) atoms. The molecule has 0 spiro atoms. The number of aromatic nitrogens is 1. The zero-order chi connectivity index (χ0) is 13.2. The summed E-state index contributed by atoms with van der Waals surface area (Å²) >= 11 is 0. The van der Waals surface area contributed by atoms with Crippen LogP contribution in [0.3, 0.4) is 0 Å². The third-order valence-corrected chi connectivity index (χ3v) is 3.06. The third kappa shape index (κ3) is 2.27. The largest absolute Gasteiger partial charge is 0.356 e. The highest BCUT2D eigenvalue weighted by molar-refractivity contribution is 5.68. The van der Waals surface area contributed by atoms with Crippen LogP contribution in [0.4, 0.5) is 4.39 Å². The Hall–Kier alpha value is -2.42. The van der Waals surface area contributed by atoms with Crippen LogP contribution in [0.15, 0.2) is 59.1 Å².